The number of hydrogen-bond donors (Lipinski definition) is 1. The number of aryl methyl sites for hydroxylation is 2. The molecule has 0 amide bonds. The first kappa shape index (κ1) is 16.9. The molecule has 5 rings (SSSR count). The van der Waals surface area contributed by atoms with Crippen LogP contribution in [0.3, 0.4) is 0 Å². The predicted molar refractivity (Wildman–Crippen MR) is 105 cm³/mol. The molecule has 0 radical (unpaired) electrons. The lowest BCUT2D eigenvalue weighted by atomic mass is 9.98. The van der Waals surface area contributed by atoms with Crippen molar-refractivity contribution in [1.29, 1.82) is 0 Å². The number of piperidine rings is 1. The molecule has 5 heterocycles. The number of anilines is 1. The summed E-state index contributed by atoms with van der Waals surface area (Å²) in [6.45, 7) is 6.55. The molecular weight excluding hydrogens is 356 g/mol. The van der Waals surface area contributed by atoms with E-state index in [1.807, 2.05) is 30.5 Å². The smallest absolute Gasteiger partial charge is 0.231 e. The maximum Gasteiger partial charge on any atom is 0.231 e. The Morgan fingerprint density at radius 1 is 1.14 bits per heavy atom. The van der Waals surface area contributed by atoms with Crippen LogP contribution in [0.4, 0.5) is 5.82 Å². The zero-order valence-corrected chi connectivity index (χ0v) is 16.0. The van der Waals surface area contributed by atoms with Gasteiger partial charge in [-0.1, -0.05) is 0 Å². The summed E-state index contributed by atoms with van der Waals surface area (Å²) in [5.41, 5.74) is 4.50. The highest BCUT2D eigenvalue weighted by atomic mass is 16.5. The second-order valence-corrected chi connectivity index (χ2v) is 7.26. The number of hydrogen-bond acceptors (Lipinski definition) is 7. The first-order chi connectivity index (χ1) is 13.7. The van der Waals surface area contributed by atoms with E-state index in [4.69, 9.17) is 4.74 Å². The summed E-state index contributed by atoms with van der Waals surface area (Å²) >= 11 is 0. The van der Waals surface area contributed by atoms with Crippen LogP contribution in [-0.2, 0) is 0 Å². The maximum absolute atomic E-state index is 6.00. The van der Waals surface area contributed by atoms with E-state index >= 15 is 0 Å². The number of nitrogens with zero attached hydrogens (tertiary/aromatic N) is 7. The molecule has 0 unspecified atom stereocenters. The van der Waals surface area contributed by atoms with Crippen LogP contribution in [0, 0.1) is 19.8 Å². The molecule has 4 aromatic rings. The molecule has 28 heavy (non-hydrogen) atoms. The van der Waals surface area contributed by atoms with Crippen molar-refractivity contribution in [3.8, 4) is 5.88 Å². The third kappa shape index (κ3) is 2.92. The van der Waals surface area contributed by atoms with Crippen molar-refractivity contribution in [2.45, 2.75) is 26.7 Å². The number of rotatable bonds is 4. The number of aromatic amines is 1. The summed E-state index contributed by atoms with van der Waals surface area (Å²) in [6, 6.07) is 3.85. The monoisotopic (exact) mass is 378 g/mol. The average molecular weight is 378 g/mol. The van der Waals surface area contributed by atoms with Crippen molar-refractivity contribution in [3.63, 3.8) is 0 Å². The van der Waals surface area contributed by atoms with Crippen molar-refractivity contribution in [3.05, 3.63) is 36.2 Å². The number of aromatic nitrogens is 7. The van der Waals surface area contributed by atoms with E-state index in [2.05, 4.69) is 34.9 Å². The van der Waals surface area contributed by atoms with Crippen LogP contribution in [0.1, 0.15) is 24.2 Å². The van der Waals surface area contributed by atoms with Gasteiger partial charge in [0, 0.05) is 19.2 Å². The van der Waals surface area contributed by atoms with Gasteiger partial charge in [-0.25, -0.2) is 24.5 Å². The number of ether oxygens (including phenoxy) is 1. The molecule has 1 N–H and O–H groups in total. The second kappa shape index (κ2) is 6.74. The first-order valence-corrected chi connectivity index (χ1v) is 9.54. The van der Waals surface area contributed by atoms with Crippen molar-refractivity contribution < 1.29 is 4.74 Å². The third-order valence-corrected chi connectivity index (χ3v) is 5.50. The average Bonchev–Trinajstić information content (AvgIpc) is 3.31. The third-order valence-electron chi connectivity index (χ3n) is 5.50. The molecule has 144 valence electrons. The van der Waals surface area contributed by atoms with E-state index in [9.17, 15) is 0 Å². The molecule has 0 spiro atoms. The fraction of sp³-hybridized carbons (Fsp3) is 0.421. The Balaban J connectivity index is 1.22. The quantitative estimate of drug-likeness (QED) is 0.582. The Morgan fingerprint density at radius 2 is 2.00 bits per heavy atom. The minimum atomic E-state index is 0.499. The fourth-order valence-corrected chi connectivity index (χ4v) is 3.72. The van der Waals surface area contributed by atoms with Crippen LogP contribution in [0.2, 0.25) is 0 Å². The van der Waals surface area contributed by atoms with Crippen LogP contribution in [0.25, 0.3) is 16.8 Å². The molecule has 4 aromatic heterocycles. The van der Waals surface area contributed by atoms with Gasteiger partial charge in [0.1, 0.15) is 11.8 Å². The van der Waals surface area contributed by atoms with Gasteiger partial charge in [-0.15, -0.1) is 5.10 Å². The molecule has 1 aliphatic heterocycles. The Kier molecular flexibility index (Phi) is 4.07. The number of imidazole rings is 2. The summed E-state index contributed by atoms with van der Waals surface area (Å²) in [5, 5.41) is 4.56. The molecule has 0 bridgehead atoms. The Hall–Kier alpha value is -3.23. The van der Waals surface area contributed by atoms with Gasteiger partial charge in [-0.3, -0.25) is 0 Å². The van der Waals surface area contributed by atoms with E-state index in [0.717, 1.165) is 54.3 Å². The van der Waals surface area contributed by atoms with Crippen LogP contribution < -0.4 is 9.64 Å². The van der Waals surface area contributed by atoms with Gasteiger partial charge in [-0.2, -0.15) is 0 Å². The summed E-state index contributed by atoms with van der Waals surface area (Å²) in [6.07, 6.45) is 5.34. The molecule has 0 atom stereocenters. The number of nitrogens with one attached hydrogen (secondary N) is 1. The van der Waals surface area contributed by atoms with Crippen molar-refractivity contribution in [2.24, 2.45) is 5.92 Å². The highest BCUT2D eigenvalue weighted by Gasteiger charge is 2.23. The standard InChI is InChI=1S/C19H22N8O/c1-12-13(2)27-15(24-12)3-4-16(25-27)28-9-14-5-7-26(8-6-14)19-17-18(21-10-20-17)22-11-23-19/h3-4,10-11,14H,5-9H2,1-2H3,(H,20,21,22,23). The van der Waals surface area contributed by atoms with Crippen LogP contribution in [0.5, 0.6) is 5.88 Å². The lowest BCUT2D eigenvalue weighted by Gasteiger charge is -2.32. The first-order valence-electron chi connectivity index (χ1n) is 9.54. The largest absolute Gasteiger partial charge is 0.476 e. The molecule has 0 aromatic carbocycles. The minimum Gasteiger partial charge on any atom is -0.476 e. The van der Waals surface area contributed by atoms with E-state index in [-0.39, 0.29) is 0 Å². The van der Waals surface area contributed by atoms with Crippen molar-refractivity contribution >= 4 is 22.6 Å². The minimum absolute atomic E-state index is 0.499. The van der Waals surface area contributed by atoms with Crippen LogP contribution in [-0.4, -0.2) is 54.2 Å². The molecular formula is C19H22N8O. The van der Waals surface area contributed by atoms with E-state index in [1.165, 1.54) is 0 Å². The van der Waals surface area contributed by atoms with E-state index in [1.54, 1.807) is 12.7 Å². The lowest BCUT2D eigenvalue weighted by Crippen LogP contribution is -2.36. The van der Waals surface area contributed by atoms with Crippen LogP contribution in [0.15, 0.2) is 24.8 Å². The molecule has 1 aliphatic rings. The van der Waals surface area contributed by atoms with E-state index < -0.39 is 0 Å². The van der Waals surface area contributed by atoms with Gasteiger partial charge in [0.25, 0.3) is 0 Å². The van der Waals surface area contributed by atoms with Gasteiger partial charge in [0.2, 0.25) is 5.88 Å². The highest BCUT2D eigenvalue weighted by molar-refractivity contribution is 5.82. The summed E-state index contributed by atoms with van der Waals surface area (Å²) in [5.74, 6) is 2.07. The summed E-state index contributed by atoms with van der Waals surface area (Å²) < 4.78 is 7.84. The Labute approximate surface area is 161 Å². The molecule has 0 aliphatic carbocycles. The zero-order chi connectivity index (χ0) is 19.1. The summed E-state index contributed by atoms with van der Waals surface area (Å²) in [4.78, 5) is 22.8. The number of fused-ring (bicyclic) bond motifs is 2. The van der Waals surface area contributed by atoms with E-state index in [0.29, 0.717) is 24.1 Å². The van der Waals surface area contributed by atoms with Gasteiger partial charge >= 0.3 is 0 Å². The molecule has 9 nitrogen and oxygen atoms in total. The lowest BCUT2D eigenvalue weighted by molar-refractivity contribution is 0.213. The van der Waals surface area contributed by atoms with Crippen molar-refractivity contribution in [1.82, 2.24) is 34.5 Å². The van der Waals surface area contributed by atoms with Gasteiger partial charge < -0.3 is 14.6 Å². The Morgan fingerprint density at radius 3 is 2.86 bits per heavy atom. The van der Waals surface area contributed by atoms with Gasteiger partial charge in [0.15, 0.2) is 17.1 Å². The topological polar surface area (TPSA) is 97.1 Å². The summed E-state index contributed by atoms with van der Waals surface area (Å²) in [7, 11) is 0. The highest BCUT2D eigenvalue weighted by Crippen LogP contribution is 2.26. The SMILES string of the molecule is Cc1nc2ccc(OCC3CCN(c4ncnc5nc[nH]c45)CC3)nn2c1C. The number of H-pyrrole nitrogens is 1. The van der Waals surface area contributed by atoms with Gasteiger partial charge in [0.05, 0.1) is 24.3 Å². The normalized spacial score (nSPS) is 15.6. The molecule has 1 fully saturated rings. The predicted octanol–water partition coefficient (Wildman–Crippen LogP) is 2.31. The molecule has 0 saturated carbocycles. The molecule has 9 heteroatoms. The Bertz CT molecular complexity index is 1130. The molecule has 1 saturated heterocycles. The van der Waals surface area contributed by atoms with Gasteiger partial charge in [-0.05, 0) is 38.7 Å². The van der Waals surface area contributed by atoms with Crippen molar-refractivity contribution in [2.75, 3.05) is 24.6 Å². The van der Waals surface area contributed by atoms with Crippen LogP contribution >= 0.6 is 0 Å². The fourth-order valence-electron chi connectivity index (χ4n) is 3.72. The zero-order valence-electron chi connectivity index (χ0n) is 16.0. The maximum atomic E-state index is 6.00. The second-order valence-electron chi connectivity index (χ2n) is 7.26.